The summed E-state index contributed by atoms with van der Waals surface area (Å²) in [5.41, 5.74) is 0.442. The lowest BCUT2D eigenvalue weighted by Crippen LogP contribution is -2.42. The summed E-state index contributed by atoms with van der Waals surface area (Å²) >= 11 is 0. The van der Waals surface area contributed by atoms with Gasteiger partial charge >= 0.3 is 17.9 Å². The Labute approximate surface area is 123 Å². The van der Waals surface area contributed by atoms with E-state index in [-0.39, 0.29) is 17.6 Å². The molecule has 0 bridgehead atoms. The monoisotopic (exact) mass is 296 g/mol. The lowest BCUT2D eigenvalue weighted by molar-refractivity contribution is -0.171. The Morgan fingerprint density at radius 3 is 1.86 bits per heavy atom. The molecule has 3 unspecified atom stereocenters. The summed E-state index contributed by atoms with van der Waals surface area (Å²) in [4.78, 5) is 34.3. The largest absolute Gasteiger partial charge is 0.481 e. The summed E-state index contributed by atoms with van der Waals surface area (Å²) in [6.07, 6.45) is -0.641. The van der Waals surface area contributed by atoms with Gasteiger partial charge in [0.15, 0.2) is 0 Å². The number of carboxylic acids is 1. The molecule has 1 fully saturated rings. The number of aliphatic carboxylic acids is 1. The van der Waals surface area contributed by atoms with Crippen molar-refractivity contribution in [3.8, 4) is 0 Å². The fourth-order valence-corrected chi connectivity index (χ4v) is 2.06. The molecule has 0 spiro atoms. The molecular weight excluding hydrogens is 276 g/mol. The smallest absolute Gasteiger partial charge is 0.333 e. The van der Waals surface area contributed by atoms with Crippen LogP contribution in [0.1, 0.15) is 33.1 Å². The maximum absolute atomic E-state index is 11.6. The topological polar surface area (TPSA) is 89.9 Å². The Morgan fingerprint density at radius 1 is 0.952 bits per heavy atom. The molecule has 0 saturated heterocycles. The van der Waals surface area contributed by atoms with Gasteiger partial charge in [0.1, 0.15) is 12.2 Å². The van der Waals surface area contributed by atoms with E-state index in [1.807, 2.05) is 0 Å². The molecule has 0 aromatic heterocycles. The minimum absolute atomic E-state index is 0.114. The summed E-state index contributed by atoms with van der Waals surface area (Å²) in [7, 11) is 0. The molecule has 0 aromatic carbocycles. The molecule has 0 amide bonds. The Balaban J connectivity index is 2.81. The summed E-state index contributed by atoms with van der Waals surface area (Å²) in [5.74, 6) is -2.77. The highest BCUT2D eigenvalue weighted by Gasteiger charge is 2.38. The highest BCUT2D eigenvalue weighted by Crippen LogP contribution is 2.30. The predicted octanol–water partition coefficient (Wildman–Crippen LogP) is 1.85. The van der Waals surface area contributed by atoms with Gasteiger partial charge in [-0.25, -0.2) is 9.59 Å². The fraction of sp³-hybridized carbons (Fsp3) is 0.533. The zero-order chi connectivity index (χ0) is 16.2. The average Bonchev–Trinajstić information content (AvgIpc) is 2.39. The number of esters is 2. The minimum Gasteiger partial charge on any atom is -0.481 e. The van der Waals surface area contributed by atoms with Crippen LogP contribution in [0.25, 0.3) is 0 Å². The summed E-state index contributed by atoms with van der Waals surface area (Å²) in [6, 6.07) is 0. The summed E-state index contributed by atoms with van der Waals surface area (Å²) in [6.45, 7) is 9.97. The maximum Gasteiger partial charge on any atom is 0.333 e. The van der Waals surface area contributed by atoms with Gasteiger partial charge in [-0.15, -0.1) is 0 Å². The maximum atomic E-state index is 11.6. The highest BCUT2D eigenvalue weighted by molar-refractivity contribution is 5.88. The van der Waals surface area contributed by atoms with Gasteiger partial charge in [-0.1, -0.05) is 13.2 Å². The van der Waals surface area contributed by atoms with E-state index < -0.39 is 36.0 Å². The summed E-state index contributed by atoms with van der Waals surface area (Å²) in [5, 5.41) is 9.08. The van der Waals surface area contributed by atoms with Gasteiger partial charge < -0.3 is 14.6 Å². The Kier molecular flexibility index (Phi) is 5.69. The second kappa shape index (κ2) is 7.06. The summed E-state index contributed by atoms with van der Waals surface area (Å²) < 4.78 is 10.5. The number of carbonyl (C=O) groups excluding carboxylic acids is 2. The first-order valence-electron chi connectivity index (χ1n) is 6.68. The van der Waals surface area contributed by atoms with Crippen LogP contribution in [0.5, 0.6) is 0 Å². The zero-order valence-electron chi connectivity index (χ0n) is 12.3. The lowest BCUT2D eigenvalue weighted by Gasteiger charge is -2.33. The van der Waals surface area contributed by atoms with Crippen molar-refractivity contribution < 1.29 is 29.0 Å². The van der Waals surface area contributed by atoms with Crippen LogP contribution in [0, 0.1) is 5.92 Å². The van der Waals surface area contributed by atoms with E-state index in [1.165, 1.54) is 13.8 Å². The molecule has 6 heteroatoms. The van der Waals surface area contributed by atoms with E-state index in [1.54, 1.807) is 0 Å². The second-order valence-corrected chi connectivity index (χ2v) is 5.30. The van der Waals surface area contributed by atoms with Crippen LogP contribution in [0.2, 0.25) is 0 Å². The number of ether oxygens (including phenoxy) is 2. The van der Waals surface area contributed by atoms with Crippen molar-refractivity contribution >= 4 is 17.9 Å². The lowest BCUT2D eigenvalue weighted by atomic mass is 9.85. The Morgan fingerprint density at radius 2 is 1.43 bits per heavy atom. The van der Waals surface area contributed by atoms with Crippen LogP contribution in [-0.2, 0) is 23.9 Å². The molecule has 0 aromatic rings. The Bertz CT molecular complexity index is 479. The van der Waals surface area contributed by atoms with E-state index in [9.17, 15) is 14.4 Å². The Hall–Kier alpha value is -2.11. The highest BCUT2D eigenvalue weighted by atomic mass is 16.6. The van der Waals surface area contributed by atoms with Crippen LogP contribution in [0.4, 0.5) is 0 Å². The van der Waals surface area contributed by atoms with Gasteiger partial charge in [0, 0.05) is 17.6 Å². The van der Waals surface area contributed by atoms with Crippen molar-refractivity contribution in [3.05, 3.63) is 24.3 Å². The minimum atomic E-state index is -0.948. The van der Waals surface area contributed by atoms with Crippen LogP contribution < -0.4 is 0 Å². The SMILES string of the molecule is C=C(C)C(=O)OC1CCC(C(=O)O)CC1OC(=O)C(=C)C. The molecule has 1 saturated carbocycles. The molecule has 0 aliphatic heterocycles. The first-order chi connectivity index (χ1) is 9.72. The van der Waals surface area contributed by atoms with Gasteiger partial charge in [-0.2, -0.15) is 0 Å². The number of hydrogen-bond acceptors (Lipinski definition) is 5. The molecule has 1 aliphatic carbocycles. The standard InChI is InChI=1S/C15H20O6/c1-8(2)14(18)20-11-6-5-10(13(16)17)7-12(11)21-15(19)9(3)4/h10-12H,1,3,5-7H2,2,4H3,(H,16,17). The van der Waals surface area contributed by atoms with Crippen molar-refractivity contribution in [2.45, 2.75) is 45.3 Å². The van der Waals surface area contributed by atoms with E-state index in [0.717, 1.165) is 0 Å². The van der Waals surface area contributed by atoms with Gasteiger partial charge in [-0.3, -0.25) is 4.79 Å². The van der Waals surface area contributed by atoms with Crippen molar-refractivity contribution in [2.24, 2.45) is 5.92 Å². The third kappa shape index (κ3) is 4.73. The number of carboxylic acid groups (broad SMARTS) is 1. The van der Waals surface area contributed by atoms with Crippen LogP contribution in [0.15, 0.2) is 24.3 Å². The molecule has 1 rings (SSSR count). The van der Waals surface area contributed by atoms with Crippen LogP contribution in [0.3, 0.4) is 0 Å². The first-order valence-corrected chi connectivity index (χ1v) is 6.68. The van der Waals surface area contributed by atoms with Crippen molar-refractivity contribution in [1.82, 2.24) is 0 Å². The van der Waals surface area contributed by atoms with Crippen molar-refractivity contribution in [3.63, 3.8) is 0 Å². The van der Waals surface area contributed by atoms with E-state index in [2.05, 4.69) is 13.2 Å². The molecule has 6 nitrogen and oxygen atoms in total. The van der Waals surface area contributed by atoms with Gasteiger partial charge in [0.2, 0.25) is 0 Å². The molecule has 1 N–H and O–H groups in total. The van der Waals surface area contributed by atoms with Crippen LogP contribution in [-0.4, -0.2) is 35.2 Å². The molecule has 21 heavy (non-hydrogen) atoms. The quantitative estimate of drug-likeness (QED) is 0.615. The molecular formula is C15H20O6. The average molecular weight is 296 g/mol. The van der Waals surface area contributed by atoms with Crippen molar-refractivity contribution in [1.29, 1.82) is 0 Å². The van der Waals surface area contributed by atoms with E-state index in [0.29, 0.717) is 12.8 Å². The predicted molar refractivity (Wildman–Crippen MR) is 74.4 cm³/mol. The number of carbonyl (C=O) groups is 3. The zero-order valence-corrected chi connectivity index (χ0v) is 12.3. The fourth-order valence-electron chi connectivity index (χ4n) is 2.06. The van der Waals surface area contributed by atoms with Gasteiger partial charge in [-0.05, 0) is 26.7 Å². The molecule has 116 valence electrons. The van der Waals surface area contributed by atoms with Crippen molar-refractivity contribution in [2.75, 3.05) is 0 Å². The number of rotatable bonds is 5. The van der Waals surface area contributed by atoms with Crippen LogP contribution >= 0.6 is 0 Å². The van der Waals surface area contributed by atoms with E-state index in [4.69, 9.17) is 14.6 Å². The van der Waals surface area contributed by atoms with Gasteiger partial charge in [0.25, 0.3) is 0 Å². The van der Waals surface area contributed by atoms with Gasteiger partial charge in [0.05, 0.1) is 5.92 Å². The van der Waals surface area contributed by atoms with E-state index >= 15 is 0 Å². The molecule has 0 heterocycles. The third-order valence-electron chi connectivity index (χ3n) is 3.29. The number of hydrogen-bond donors (Lipinski definition) is 1. The molecule has 0 radical (unpaired) electrons. The first kappa shape index (κ1) is 16.9. The molecule has 3 atom stereocenters. The third-order valence-corrected chi connectivity index (χ3v) is 3.29. The molecule has 1 aliphatic rings. The normalized spacial score (nSPS) is 24.8. The second-order valence-electron chi connectivity index (χ2n) is 5.30.